The van der Waals surface area contributed by atoms with Gasteiger partial charge in [0.1, 0.15) is 0 Å². The molecule has 24 heavy (non-hydrogen) atoms. The van der Waals surface area contributed by atoms with Gasteiger partial charge >= 0.3 is 6.18 Å². The fraction of sp³-hybridized carbons (Fsp3) is 0.0526. The van der Waals surface area contributed by atoms with E-state index < -0.39 is 11.7 Å². The van der Waals surface area contributed by atoms with Crippen molar-refractivity contribution in [3.63, 3.8) is 0 Å². The predicted molar refractivity (Wildman–Crippen MR) is 87.5 cm³/mol. The molecule has 0 atom stereocenters. The average Bonchev–Trinajstić information content (AvgIpc) is 2.60. The lowest BCUT2D eigenvalue weighted by Gasteiger charge is -2.10. The van der Waals surface area contributed by atoms with Crippen molar-refractivity contribution in [1.82, 2.24) is 9.97 Å². The quantitative estimate of drug-likeness (QED) is 0.434. The summed E-state index contributed by atoms with van der Waals surface area (Å²) in [5.41, 5.74) is 1.02. The van der Waals surface area contributed by atoms with E-state index in [1.807, 2.05) is 48.5 Å². The lowest BCUT2D eigenvalue weighted by Crippen LogP contribution is -2.05. The summed E-state index contributed by atoms with van der Waals surface area (Å²) < 4.78 is 38.2. The molecule has 2 nitrogen and oxygen atoms in total. The van der Waals surface area contributed by atoms with Crippen LogP contribution >= 0.6 is 0 Å². The number of benzene rings is 2. The molecule has 2 aromatic heterocycles. The SMILES string of the molecule is FC(F)(F)c1ccc(-c2nc3ccccc3c3ccccc23)nc1. The molecule has 0 radical (unpaired) electrons. The number of para-hydroxylation sites is 1. The second kappa shape index (κ2) is 5.30. The van der Waals surface area contributed by atoms with Gasteiger partial charge in [-0.25, -0.2) is 4.98 Å². The van der Waals surface area contributed by atoms with Crippen molar-refractivity contribution >= 4 is 21.7 Å². The summed E-state index contributed by atoms with van der Waals surface area (Å²) in [4.78, 5) is 8.61. The van der Waals surface area contributed by atoms with Crippen LogP contribution in [0.5, 0.6) is 0 Å². The summed E-state index contributed by atoms with van der Waals surface area (Å²) in [6.45, 7) is 0. The maximum Gasteiger partial charge on any atom is 0.417 e. The fourth-order valence-electron chi connectivity index (χ4n) is 2.80. The zero-order valence-corrected chi connectivity index (χ0v) is 12.4. The van der Waals surface area contributed by atoms with Crippen LogP contribution in [0, 0.1) is 0 Å². The average molecular weight is 324 g/mol. The maximum atomic E-state index is 12.7. The number of rotatable bonds is 1. The third-order valence-electron chi connectivity index (χ3n) is 3.94. The molecule has 2 aromatic carbocycles. The van der Waals surface area contributed by atoms with Gasteiger partial charge in [-0.05, 0) is 23.6 Å². The molecule has 0 aliphatic carbocycles. The zero-order chi connectivity index (χ0) is 16.7. The van der Waals surface area contributed by atoms with Crippen molar-refractivity contribution in [3.8, 4) is 11.4 Å². The molecule has 0 aliphatic rings. The van der Waals surface area contributed by atoms with Gasteiger partial charge in [-0.15, -0.1) is 0 Å². The first-order valence-corrected chi connectivity index (χ1v) is 7.35. The first-order valence-electron chi connectivity index (χ1n) is 7.35. The lowest BCUT2D eigenvalue weighted by atomic mass is 10.0. The van der Waals surface area contributed by atoms with E-state index in [9.17, 15) is 13.2 Å². The summed E-state index contributed by atoms with van der Waals surface area (Å²) in [7, 11) is 0. The van der Waals surface area contributed by atoms with Crippen LogP contribution in [0.1, 0.15) is 5.56 Å². The smallest absolute Gasteiger partial charge is 0.254 e. The first-order chi connectivity index (χ1) is 11.5. The Balaban J connectivity index is 1.98. The minimum atomic E-state index is -4.40. The molecular weight excluding hydrogens is 313 g/mol. The molecule has 4 aromatic rings. The Bertz CT molecular complexity index is 1040. The van der Waals surface area contributed by atoms with Crippen LogP contribution in [0.2, 0.25) is 0 Å². The van der Waals surface area contributed by atoms with Crippen LogP contribution in [0.3, 0.4) is 0 Å². The van der Waals surface area contributed by atoms with E-state index in [-0.39, 0.29) is 0 Å². The highest BCUT2D eigenvalue weighted by molar-refractivity contribution is 6.10. The molecule has 0 aliphatic heterocycles. The number of fused-ring (bicyclic) bond motifs is 3. The first kappa shape index (κ1) is 14.6. The Hall–Kier alpha value is -2.95. The highest BCUT2D eigenvalue weighted by atomic mass is 19.4. The van der Waals surface area contributed by atoms with Crippen molar-refractivity contribution in [2.75, 3.05) is 0 Å². The molecule has 118 valence electrons. The Morgan fingerprint density at radius 1 is 0.708 bits per heavy atom. The van der Waals surface area contributed by atoms with Crippen molar-refractivity contribution in [2.24, 2.45) is 0 Å². The van der Waals surface area contributed by atoms with Crippen LogP contribution in [-0.2, 0) is 6.18 Å². The summed E-state index contributed by atoms with van der Waals surface area (Å²) in [5, 5.41) is 2.87. The van der Waals surface area contributed by atoms with Gasteiger partial charge in [0.15, 0.2) is 0 Å². The molecule has 0 amide bonds. The standard InChI is InChI=1S/C19H11F3N2/c20-19(21,22)12-9-10-17(23-11-12)18-15-7-2-1-5-13(15)14-6-3-4-8-16(14)24-18/h1-11H. The molecule has 5 heteroatoms. The normalized spacial score (nSPS) is 12.0. The van der Waals surface area contributed by atoms with Crippen molar-refractivity contribution in [1.29, 1.82) is 0 Å². The van der Waals surface area contributed by atoms with Crippen LogP contribution < -0.4 is 0 Å². The number of hydrogen-bond acceptors (Lipinski definition) is 2. The minimum absolute atomic E-state index is 0.421. The van der Waals surface area contributed by atoms with E-state index in [1.54, 1.807) is 0 Å². The van der Waals surface area contributed by atoms with Gasteiger partial charge in [0.05, 0.1) is 22.5 Å². The van der Waals surface area contributed by atoms with Gasteiger partial charge < -0.3 is 0 Å². The summed E-state index contributed by atoms with van der Waals surface area (Å²) in [5.74, 6) is 0. The molecule has 0 bridgehead atoms. The number of hydrogen-bond donors (Lipinski definition) is 0. The Morgan fingerprint density at radius 3 is 2.04 bits per heavy atom. The molecule has 0 N–H and O–H groups in total. The molecule has 4 rings (SSSR count). The van der Waals surface area contributed by atoms with Gasteiger partial charge in [-0.3, -0.25) is 4.98 Å². The second-order valence-corrected chi connectivity index (χ2v) is 5.45. The highest BCUT2D eigenvalue weighted by Crippen LogP contribution is 2.33. The van der Waals surface area contributed by atoms with E-state index in [2.05, 4.69) is 9.97 Å². The summed E-state index contributed by atoms with van der Waals surface area (Å²) in [6.07, 6.45) is -3.55. The Morgan fingerprint density at radius 2 is 1.38 bits per heavy atom. The van der Waals surface area contributed by atoms with E-state index in [0.717, 1.165) is 33.9 Å². The lowest BCUT2D eigenvalue weighted by molar-refractivity contribution is -0.137. The molecule has 0 saturated carbocycles. The third-order valence-corrected chi connectivity index (χ3v) is 3.94. The minimum Gasteiger partial charge on any atom is -0.254 e. The van der Waals surface area contributed by atoms with Gasteiger partial charge in [-0.2, -0.15) is 13.2 Å². The van der Waals surface area contributed by atoms with Crippen molar-refractivity contribution in [2.45, 2.75) is 6.18 Å². The third kappa shape index (κ3) is 2.38. The van der Waals surface area contributed by atoms with Gasteiger partial charge in [0, 0.05) is 17.0 Å². The monoisotopic (exact) mass is 324 g/mol. The largest absolute Gasteiger partial charge is 0.417 e. The fourth-order valence-corrected chi connectivity index (χ4v) is 2.80. The van der Waals surface area contributed by atoms with Gasteiger partial charge in [-0.1, -0.05) is 42.5 Å². The Labute approximate surface area is 135 Å². The van der Waals surface area contributed by atoms with Crippen LogP contribution in [0.15, 0.2) is 66.9 Å². The number of halogens is 3. The van der Waals surface area contributed by atoms with Crippen LogP contribution in [0.25, 0.3) is 33.1 Å². The number of aromatic nitrogens is 2. The highest BCUT2D eigenvalue weighted by Gasteiger charge is 2.30. The van der Waals surface area contributed by atoms with Crippen molar-refractivity contribution in [3.05, 3.63) is 72.4 Å². The van der Waals surface area contributed by atoms with Crippen molar-refractivity contribution < 1.29 is 13.2 Å². The number of alkyl halides is 3. The maximum absolute atomic E-state index is 12.7. The predicted octanol–water partition coefficient (Wildman–Crippen LogP) is 5.47. The summed E-state index contributed by atoms with van der Waals surface area (Å²) in [6, 6.07) is 17.8. The van der Waals surface area contributed by atoms with E-state index >= 15 is 0 Å². The molecule has 0 saturated heterocycles. The number of pyridine rings is 2. The molecule has 0 spiro atoms. The second-order valence-electron chi connectivity index (χ2n) is 5.45. The van der Waals surface area contributed by atoms with Crippen LogP contribution in [-0.4, -0.2) is 9.97 Å². The molecule has 0 unspecified atom stereocenters. The summed E-state index contributed by atoms with van der Waals surface area (Å²) >= 11 is 0. The molecule has 2 heterocycles. The Kier molecular flexibility index (Phi) is 3.23. The zero-order valence-electron chi connectivity index (χ0n) is 12.4. The van der Waals surface area contributed by atoms with Crippen LogP contribution in [0.4, 0.5) is 13.2 Å². The topological polar surface area (TPSA) is 25.8 Å². The van der Waals surface area contributed by atoms with Gasteiger partial charge in [0.2, 0.25) is 0 Å². The van der Waals surface area contributed by atoms with Gasteiger partial charge in [0.25, 0.3) is 0 Å². The number of nitrogens with zero attached hydrogens (tertiary/aromatic N) is 2. The van der Waals surface area contributed by atoms with E-state index in [0.29, 0.717) is 11.4 Å². The molecule has 0 fully saturated rings. The molecular formula is C19H11F3N2. The van der Waals surface area contributed by atoms with E-state index in [1.165, 1.54) is 6.07 Å². The van der Waals surface area contributed by atoms with E-state index in [4.69, 9.17) is 0 Å².